The number of hydrogen-bond donors (Lipinski definition) is 2. The van der Waals surface area contributed by atoms with Crippen molar-refractivity contribution in [2.45, 2.75) is 51.3 Å². The first-order valence-corrected chi connectivity index (χ1v) is 9.96. The third kappa shape index (κ3) is 5.26. The maximum Gasteiger partial charge on any atom is 0.220 e. The van der Waals surface area contributed by atoms with Crippen LogP contribution in [0, 0.1) is 5.92 Å². The molecular formula is C23H30N2O3. The van der Waals surface area contributed by atoms with E-state index in [9.17, 15) is 4.79 Å². The molecule has 150 valence electrons. The fourth-order valence-corrected chi connectivity index (χ4v) is 3.75. The Labute approximate surface area is 167 Å². The lowest BCUT2D eigenvalue weighted by Gasteiger charge is -2.19. The van der Waals surface area contributed by atoms with Crippen LogP contribution in [-0.4, -0.2) is 19.1 Å². The van der Waals surface area contributed by atoms with Gasteiger partial charge in [-0.25, -0.2) is 0 Å². The summed E-state index contributed by atoms with van der Waals surface area (Å²) in [5, 5.41) is 3.08. The van der Waals surface area contributed by atoms with E-state index in [2.05, 4.69) is 5.32 Å². The van der Waals surface area contributed by atoms with Crippen molar-refractivity contribution >= 4 is 5.91 Å². The van der Waals surface area contributed by atoms with Gasteiger partial charge in [0.25, 0.3) is 0 Å². The van der Waals surface area contributed by atoms with Gasteiger partial charge in [0.05, 0.1) is 13.2 Å². The van der Waals surface area contributed by atoms with Gasteiger partial charge in [-0.15, -0.1) is 0 Å². The Morgan fingerprint density at radius 2 is 1.96 bits per heavy atom. The molecule has 0 heterocycles. The third-order valence-electron chi connectivity index (χ3n) is 5.47. The van der Waals surface area contributed by atoms with E-state index >= 15 is 0 Å². The Morgan fingerprint density at radius 1 is 1.18 bits per heavy atom. The van der Waals surface area contributed by atoms with Gasteiger partial charge in [0.15, 0.2) is 11.5 Å². The number of rotatable bonds is 8. The summed E-state index contributed by atoms with van der Waals surface area (Å²) in [4.78, 5) is 12.4. The summed E-state index contributed by atoms with van der Waals surface area (Å²) in [7, 11) is 1.62. The first-order chi connectivity index (χ1) is 13.6. The van der Waals surface area contributed by atoms with E-state index < -0.39 is 0 Å². The summed E-state index contributed by atoms with van der Waals surface area (Å²) < 4.78 is 11.4. The lowest BCUT2D eigenvalue weighted by molar-refractivity contribution is -0.122. The van der Waals surface area contributed by atoms with Gasteiger partial charge in [-0.1, -0.05) is 42.8 Å². The molecule has 2 aromatic carbocycles. The molecule has 1 aliphatic rings. The first-order valence-electron chi connectivity index (χ1n) is 9.96. The monoisotopic (exact) mass is 382 g/mol. The van der Waals surface area contributed by atoms with Crippen molar-refractivity contribution in [1.29, 1.82) is 0 Å². The minimum atomic E-state index is -0.109. The molecule has 1 amide bonds. The predicted molar refractivity (Wildman–Crippen MR) is 110 cm³/mol. The highest BCUT2D eigenvalue weighted by Crippen LogP contribution is 2.31. The summed E-state index contributed by atoms with van der Waals surface area (Å²) in [5.41, 5.74) is 8.16. The van der Waals surface area contributed by atoms with Crippen LogP contribution < -0.4 is 20.5 Å². The van der Waals surface area contributed by atoms with Crippen molar-refractivity contribution in [1.82, 2.24) is 5.32 Å². The molecule has 0 bridgehead atoms. The van der Waals surface area contributed by atoms with Crippen molar-refractivity contribution in [3.63, 3.8) is 0 Å². The molecule has 0 saturated heterocycles. The molecule has 28 heavy (non-hydrogen) atoms. The number of amides is 1. The number of hydrogen-bond acceptors (Lipinski definition) is 4. The second-order valence-electron chi connectivity index (χ2n) is 7.53. The maximum absolute atomic E-state index is 12.4. The highest BCUT2D eigenvalue weighted by Gasteiger charge is 2.26. The average molecular weight is 383 g/mol. The van der Waals surface area contributed by atoms with Gasteiger partial charge in [-0.3, -0.25) is 4.79 Å². The molecule has 1 unspecified atom stereocenters. The molecule has 0 aromatic heterocycles. The smallest absolute Gasteiger partial charge is 0.220 e. The normalized spacial score (nSPS) is 19.8. The van der Waals surface area contributed by atoms with Gasteiger partial charge < -0.3 is 20.5 Å². The molecule has 5 heteroatoms. The Balaban J connectivity index is 1.59. The maximum atomic E-state index is 12.4. The van der Waals surface area contributed by atoms with Crippen LogP contribution in [0.25, 0.3) is 0 Å². The van der Waals surface area contributed by atoms with Crippen molar-refractivity contribution in [2.24, 2.45) is 11.7 Å². The third-order valence-corrected chi connectivity index (χ3v) is 5.47. The van der Waals surface area contributed by atoms with Crippen LogP contribution >= 0.6 is 0 Å². The van der Waals surface area contributed by atoms with Crippen LogP contribution in [-0.2, 0) is 11.4 Å². The van der Waals surface area contributed by atoms with Crippen molar-refractivity contribution < 1.29 is 14.3 Å². The molecule has 1 fully saturated rings. The van der Waals surface area contributed by atoms with Crippen LogP contribution in [0.2, 0.25) is 0 Å². The molecule has 5 nitrogen and oxygen atoms in total. The highest BCUT2D eigenvalue weighted by atomic mass is 16.5. The van der Waals surface area contributed by atoms with Crippen LogP contribution in [0.3, 0.4) is 0 Å². The van der Waals surface area contributed by atoms with Gasteiger partial charge in [-0.2, -0.15) is 0 Å². The zero-order valence-electron chi connectivity index (χ0n) is 16.7. The summed E-state index contributed by atoms with van der Waals surface area (Å²) in [6, 6.07) is 15.8. The van der Waals surface area contributed by atoms with Gasteiger partial charge in [0.1, 0.15) is 6.61 Å². The number of nitrogens with one attached hydrogen (secondary N) is 1. The molecule has 2 aromatic rings. The predicted octanol–water partition coefficient (Wildman–Crippen LogP) is 3.97. The Bertz CT molecular complexity index is 779. The second kappa shape index (κ2) is 9.60. The zero-order chi connectivity index (χ0) is 19.9. The van der Waals surface area contributed by atoms with E-state index in [4.69, 9.17) is 15.2 Å². The summed E-state index contributed by atoms with van der Waals surface area (Å²) >= 11 is 0. The summed E-state index contributed by atoms with van der Waals surface area (Å²) in [5.74, 6) is 1.70. The molecule has 0 aliphatic heterocycles. The number of carbonyl (C=O) groups excluding carboxylic acids is 1. The van der Waals surface area contributed by atoms with Crippen molar-refractivity contribution in [3.8, 4) is 11.5 Å². The molecule has 1 saturated carbocycles. The molecule has 1 aliphatic carbocycles. The Kier molecular flexibility index (Phi) is 6.93. The fourth-order valence-electron chi connectivity index (χ4n) is 3.75. The SMILES string of the molecule is COc1cc(C(C)NC(=O)C[C@@H]2CCC[C@H]2N)ccc1OCc1ccccc1. The van der Waals surface area contributed by atoms with Gasteiger partial charge in [0.2, 0.25) is 5.91 Å². The van der Waals surface area contributed by atoms with E-state index in [0.717, 1.165) is 30.4 Å². The zero-order valence-corrected chi connectivity index (χ0v) is 16.7. The van der Waals surface area contributed by atoms with E-state index in [1.54, 1.807) is 7.11 Å². The number of benzene rings is 2. The second-order valence-corrected chi connectivity index (χ2v) is 7.53. The molecule has 0 spiro atoms. The standard InChI is InChI=1S/C23H30N2O3/c1-16(25-23(26)14-19-9-6-10-20(19)24)18-11-12-21(22(13-18)27-2)28-15-17-7-4-3-5-8-17/h3-5,7-8,11-13,16,19-20H,6,9-10,14-15,24H2,1-2H3,(H,25,26)/t16?,19-,20+/m0/s1. The molecule has 3 rings (SSSR count). The first kappa shape index (κ1) is 20.2. The van der Waals surface area contributed by atoms with E-state index in [0.29, 0.717) is 30.4 Å². The molecule has 0 radical (unpaired) electrons. The fraction of sp³-hybridized carbons (Fsp3) is 0.435. The lowest BCUT2D eigenvalue weighted by Crippen LogP contribution is -2.32. The Hall–Kier alpha value is -2.53. The number of carbonyl (C=O) groups is 1. The molecule has 3 atom stereocenters. The molecule has 3 N–H and O–H groups in total. The minimum Gasteiger partial charge on any atom is -0.493 e. The van der Waals surface area contributed by atoms with Gasteiger partial charge >= 0.3 is 0 Å². The highest BCUT2D eigenvalue weighted by molar-refractivity contribution is 5.76. The van der Waals surface area contributed by atoms with E-state index in [1.165, 1.54) is 0 Å². The van der Waals surface area contributed by atoms with Crippen LogP contribution in [0.15, 0.2) is 48.5 Å². The van der Waals surface area contributed by atoms with Gasteiger partial charge in [-0.05, 0) is 48.9 Å². The topological polar surface area (TPSA) is 73.6 Å². The minimum absolute atomic E-state index is 0.0539. The van der Waals surface area contributed by atoms with Crippen molar-refractivity contribution in [3.05, 3.63) is 59.7 Å². The quantitative estimate of drug-likeness (QED) is 0.724. The molecular weight excluding hydrogens is 352 g/mol. The van der Waals surface area contributed by atoms with E-state index in [1.807, 2.05) is 55.5 Å². The number of methoxy groups -OCH3 is 1. The largest absolute Gasteiger partial charge is 0.493 e. The van der Waals surface area contributed by atoms with Crippen LogP contribution in [0.1, 0.15) is 49.8 Å². The van der Waals surface area contributed by atoms with E-state index in [-0.39, 0.29) is 18.0 Å². The van der Waals surface area contributed by atoms with Crippen molar-refractivity contribution in [2.75, 3.05) is 7.11 Å². The number of ether oxygens (including phenoxy) is 2. The Morgan fingerprint density at radius 3 is 2.64 bits per heavy atom. The van der Waals surface area contributed by atoms with Gasteiger partial charge in [0, 0.05) is 12.5 Å². The van der Waals surface area contributed by atoms with Crippen LogP contribution in [0.4, 0.5) is 0 Å². The summed E-state index contributed by atoms with van der Waals surface area (Å²) in [6.45, 7) is 2.45. The lowest BCUT2D eigenvalue weighted by atomic mass is 9.99. The summed E-state index contributed by atoms with van der Waals surface area (Å²) in [6.07, 6.45) is 3.69. The van der Waals surface area contributed by atoms with Crippen LogP contribution in [0.5, 0.6) is 11.5 Å². The average Bonchev–Trinajstić information content (AvgIpc) is 3.11. The number of nitrogens with two attached hydrogens (primary N) is 1.